The van der Waals surface area contributed by atoms with Crippen molar-refractivity contribution in [2.45, 2.75) is 46.6 Å². The Bertz CT molecular complexity index is 71.1. The molecule has 0 aliphatic heterocycles. The summed E-state index contributed by atoms with van der Waals surface area (Å²) in [7, 11) is 0. The van der Waals surface area contributed by atoms with Crippen molar-refractivity contribution in [3.8, 4) is 0 Å². The van der Waals surface area contributed by atoms with Crippen molar-refractivity contribution in [2.75, 3.05) is 6.54 Å². The Hall–Kier alpha value is -0.0400. The van der Waals surface area contributed by atoms with Gasteiger partial charge >= 0.3 is 0 Å². The van der Waals surface area contributed by atoms with E-state index in [9.17, 15) is 0 Å². The molecule has 0 amide bonds. The second-order valence-electron chi connectivity index (χ2n) is 3.13. The minimum atomic E-state index is 0.685. The van der Waals surface area contributed by atoms with Crippen molar-refractivity contribution < 1.29 is 0 Å². The Labute approximate surface area is 65.2 Å². The lowest BCUT2D eigenvalue weighted by Crippen LogP contribution is -2.32. The Morgan fingerprint density at radius 3 is 2.20 bits per heavy atom. The molecule has 0 fully saturated rings. The fraction of sp³-hybridized carbons (Fsp3) is 1.00. The molecule has 1 N–H and O–H groups in total. The molecule has 62 valence electrons. The minimum absolute atomic E-state index is 0.685. The van der Waals surface area contributed by atoms with Crippen LogP contribution in [0.15, 0.2) is 0 Å². The van der Waals surface area contributed by atoms with Gasteiger partial charge in [-0.25, -0.2) is 0 Å². The highest BCUT2D eigenvalue weighted by molar-refractivity contribution is 4.65. The first-order chi connectivity index (χ1) is 4.72. The molecule has 0 heterocycles. The summed E-state index contributed by atoms with van der Waals surface area (Å²) in [6, 6.07) is 0.685. The molecule has 10 heavy (non-hydrogen) atoms. The van der Waals surface area contributed by atoms with E-state index in [1.807, 2.05) is 0 Å². The lowest BCUT2D eigenvalue weighted by molar-refractivity contribution is 0.391. The first-order valence-electron chi connectivity index (χ1n) is 4.45. The van der Waals surface area contributed by atoms with E-state index in [1.165, 1.54) is 12.8 Å². The van der Waals surface area contributed by atoms with Gasteiger partial charge in [-0.2, -0.15) is 0 Å². The molecule has 2 atom stereocenters. The molecule has 0 saturated heterocycles. The molecule has 0 aliphatic carbocycles. The molecule has 0 spiro atoms. The van der Waals surface area contributed by atoms with E-state index in [4.69, 9.17) is 0 Å². The Morgan fingerprint density at radius 2 is 1.80 bits per heavy atom. The predicted octanol–water partition coefficient (Wildman–Crippen LogP) is 2.42. The summed E-state index contributed by atoms with van der Waals surface area (Å²) >= 11 is 0. The third-order valence-corrected chi connectivity index (χ3v) is 2.21. The first kappa shape index (κ1) is 9.96. The van der Waals surface area contributed by atoms with Crippen LogP contribution in [-0.4, -0.2) is 12.6 Å². The molecular formula is C9H21N. The fourth-order valence-electron chi connectivity index (χ4n) is 0.927. The van der Waals surface area contributed by atoms with Crippen LogP contribution < -0.4 is 5.32 Å². The maximum atomic E-state index is 3.48. The summed E-state index contributed by atoms with van der Waals surface area (Å²) in [6.45, 7) is 10.2. The summed E-state index contributed by atoms with van der Waals surface area (Å²) in [5, 5.41) is 3.48. The number of hydrogen-bond donors (Lipinski definition) is 1. The van der Waals surface area contributed by atoms with E-state index in [1.54, 1.807) is 0 Å². The second-order valence-corrected chi connectivity index (χ2v) is 3.13. The van der Waals surface area contributed by atoms with Crippen LogP contribution in [0.2, 0.25) is 0 Å². The van der Waals surface area contributed by atoms with Crippen LogP contribution >= 0.6 is 0 Å². The van der Waals surface area contributed by atoms with Crippen LogP contribution in [0.25, 0.3) is 0 Å². The van der Waals surface area contributed by atoms with Crippen molar-refractivity contribution in [2.24, 2.45) is 5.92 Å². The van der Waals surface area contributed by atoms with Crippen molar-refractivity contribution in [1.82, 2.24) is 5.32 Å². The minimum Gasteiger partial charge on any atom is -0.314 e. The van der Waals surface area contributed by atoms with Crippen LogP contribution in [0.4, 0.5) is 0 Å². The van der Waals surface area contributed by atoms with Gasteiger partial charge in [0.25, 0.3) is 0 Å². The van der Waals surface area contributed by atoms with Crippen molar-refractivity contribution in [1.29, 1.82) is 0 Å². The highest BCUT2D eigenvalue weighted by atomic mass is 14.9. The number of rotatable bonds is 5. The maximum Gasteiger partial charge on any atom is 0.00642 e. The first-order valence-corrected chi connectivity index (χ1v) is 4.45. The summed E-state index contributed by atoms with van der Waals surface area (Å²) < 4.78 is 0. The van der Waals surface area contributed by atoms with Crippen molar-refractivity contribution in [3.05, 3.63) is 0 Å². The molecule has 1 nitrogen and oxygen atoms in total. The maximum absolute atomic E-state index is 3.48. The third kappa shape index (κ3) is 3.89. The van der Waals surface area contributed by atoms with Gasteiger partial charge in [0.05, 0.1) is 0 Å². The van der Waals surface area contributed by atoms with Gasteiger partial charge in [-0.15, -0.1) is 0 Å². The monoisotopic (exact) mass is 143 g/mol. The normalized spacial score (nSPS) is 16.8. The standard InChI is InChI=1S/C9H21N/c1-5-7-10-9(4)8(3)6-2/h8-10H,5-7H2,1-4H3/t8-,9+/m1/s1. The summed E-state index contributed by atoms with van der Waals surface area (Å²) in [5.74, 6) is 0.812. The Kier molecular flexibility index (Phi) is 5.70. The number of hydrogen-bond acceptors (Lipinski definition) is 1. The van der Waals surface area contributed by atoms with Gasteiger partial charge < -0.3 is 5.32 Å². The van der Waals surface area contributed by atoms with Gasteiger partial charge in [-0.3, -0.25) is 0 Å². The highest BCUT2D eigenvalue weighted by Gasteiger charge is 2.07. The fourth-order valence-corrected chi connectivity index (χ4v) is 0.927. The molecule has 1 heteroatoms. The molecular weight excluding hydrogens is 122 g/mol. The van der Waals surface area contributed by atoms with E-state index in [-0.39, 0.29) is 0 Å². The van der Waals surface area contributed by atoms with Gasteiger partial charge in [0, 0.05) is 6.04 Å². The third-order valence-electron chi connectivity index (χ3n) is 2.21. The summed E-state index contributed by atoms with van der Waals surface area (Å²) in [5.41, 5.74) is 0. The van der Waals surface area contributed by atoms with Crippen LogP contribution in [0.3, 0.4) is 0 Å². The van der Waals surface area contributed by atoms with Crippen LogP contribution in [0, 0.1) is 5.92 Å². The average Bonchev–Trinajstić information content (AvgIpc) is 1.98. The molecule has 0 rings (SSSR count). The van der Waals surface area contributed by atoms with E-state index < -0.39 is 0 Å². The van der Waals surface area contributed by atoms with Gasteiger partial charge in [0.15, 0.2) is 0 Å². The largest absolute Gasteiger partial charge is 0.314 e. The molecule has 0 saturated carbocycles. The van der Waals surface area contributed by atoms with Gasteiger partial charge in [-0.1, -0.05) is 27.2 Å². The molecule has 0 aliphatic rings. The number of nitrogens with one attached hydrogen (secondary N) is 1. The van der Waals surface area contributed by atoms with Crippen LogP contribution in [0.5, 0.6) is 0 Å². The van der Waals surface area contributed by atoms with E-state index in [2.05, 4.69) is 33.0 Å². The lowest BCUT2D eigenvalue weighted by atomic mass is 10.0. The molecule has 0 aromatic carbocycles. The molecule has 0 radical (unpaired) electrons. The molecule has 0 aromatic heterocycles. The molecule has 0 unspecified atom stereocenters. The smallest absolute Gasteiger partial charge is 0.00642 e. The predicted molar refractivity (Wildman–Crippen MR) is 47.2 cm³/mol. The van der Waals surface area contributed by atoms with E-state index >= 15 is 0 Å². The lowest BCUT2D eigenvalue weighted by Gasteiger charge is -2.19. The van der Waals surface area contributed by atoms with Crippen LogP contribution in [0.1, 0.15) is 40.5 Å². The van der Waals surface area contributed by atoms with Gasteiger partial charge in [0.1, 0.15) is 0 Å². The Morgan fingerprint density at radius 1 is 1.20 bits per heavy atom. The van der Waals surface area contributed by atoms with Crippen molar-refractivity contribution in [3.63, 3.8) is 0 Å². The average molecular weight is 143 g/mol. The summed E-state index contributed by atoms with van der Waals surface area (Å²) in [6.07, 6.45) is 2.51. The second kappa shape index (κ2) is 5.72. The zero-order chi connectivity index (χ0) is 7.98. The quantitative estimate of drug-likeness (QED) is 0.623. The highest BCUT2D eigenvalue weighted by Crippen LogP contribution is 2.05. The van der Waals surface area contributed by atoms with Gasteiger partial charge in [-0.05, 0) is 25.8 Å². The van der Waals surface area contributed by atoms with Crippen molar-refractivity contribution >= 4 is 0 Å². The topological polar surface area (TPSA) is 12.0 Å². The van der Waals surface area contributed by atoms with E-state index in [0.29, 0.717) is 6.04 Å². The zero-order valence-electron chi connectivity index (χ0n) is 7.78. The van der Waals surface area contributed by atoms with Crippen LogP contribution in [-0.2, 0) is 0 Å². The molecule has 0 bridgehead atoms. The Balaban J connectivity index is 3.31. The van der Waals surface area contributed by atoms with E-state index in [0.717, 1.165) is 12.5 Å². The molecule has 0 aromatic rings. The SMILES string of the molecule is CCCN[C@@H](C)[C@H](C)CC. The summed E-state index contributed by atoms with van der Waals surface area (Å²) in [4.78, 5) is 0. The zero-order valence-corrected chi connectivity index (χ0v) is 7.78. The van der Waals surface area contributed by atoms with Gasteiger partial charge in [0.2, 0.25) is 0 Å².